The lowest BCUT2D eigenvalue weighted by atomic mass is 9.79. The van der Waals surface area contributed by atoms with Crippen LogP contribution in [0.3, 0.4) is 0 Å². The molecule has 0 aliphatic carbocycles. The molecule has 0 aromatic rings. The Labute approximate surface area is 150 Å². The van der Waals surface area contributed by atoms with Crippen molar-refractivity contribution in [3.63, 3.8) is 0 Å². The van der Waals surface area contributed by atoms with Crippen molar-refractivity contribution in [2.24, 2.45) is 20.9 Å². The summed E-state index contributed by atoms with van der Waals surface area (Å²) in [4.78, 5) is 44.9. The van der Waals surface area contributed by atoms with Crippen molar-refractivity contribution in [2.45, 2.75) is 96.7 Å². The van der Waals surface area contributed by atoms with Crippen LogP contribution >= 0.6 is 0 Å². The number of isocyanates is 3. The summed E-state index contributed by atoms with van der Waals surface area (Å²) in [5, 5.41) is 0. The average Bonchev–Trinajstić information content (AvgIpc) is 2.62. The van der Waals surface area contributed by atoms with Gasteiger partial charge in [-0.1, -0.05) is 59.3 Å². The highest BCUT2D eigenvalue weighted by Gasteiger charge is 2.35. The van der Waals surface area contributed by atoms with Gasteiger partial charge in [0.25, 0.3) is 0 Å². The van der Waals surface area contributed by atoms with Crippen LogP contribution in [0.2, 0.25) is 0 Å². The topological polar surface area (TPSA) is 88.3 Å². The fourth-order valence-electron chi connectivity index (χ4n) is 3.24. The van der Waals surface area contributed by atoms with Gasteiger partial charge in [0.1, 0.15) is 0 Å². The van der Waals surface area contributed by atoms with Crippen molar-refractivity contribution in [1.29, 1.82) is 0 Å². The molecule has 0 saturated heterocycles. The van der Waals surface area contributed by atoms with Gasteiger partial charge < -0.3 is 0 Å². The van der Waals surface area contributed by atoms with Crippen LogP contribution < -0.4 is 0 Å². The second-order valence-corrected chi connectivity index (χ2v) is 6.37. The van der Waals surface area contributed by atoms with Crippen LogP contribution in [-0.2, 0) is 14.4 Å². The Bertz CT molecular complexity index is 419. The molecule has 0 bridgehead atoms. The van der Waals surface area contributed by atoms with Crippen molar-refractivity contribution in [3.8, 4) is 0 Å². The number of unbranched alkanes of at least 4 members (excludes halogenated alkanes) is 3. The van der Waals surface area contributed by atoms with E-state index in [4.69, 9.17) is 0 Å². The predicted molar refractivity (Wildman–Crippen MR) is 97.8 cm³/mol. The van der Waals surface area contributed by atoms with Gasteiger partial charge in [-0.05, 0) is 19.3 Å². The number of carbonyl (C=O) groups excluding carboxylic acids is 3. The molecule has 0 aromatic heterocycles. The Morgan fingerprint density at radius 1 is 0.600 bits per heavy atom. The molecule has 140 valence electrons. The van der Waals surface area contributed by atoms with Crippen molar-refractivity contribution in [2.75, 3.05) is 0 Å². The van der Waals surface area contributed by atoms with Crippen LogP contribution in [0.25, 0.3) is 0 Å². The van der Waals surface area contributed by atoms with Gasteiger partial charge in [0, 0.05) is 5.92 Å². The first-order valence-electron chi connectivity index (χ1n) is 9.40. The highest BCUT2D eigenvalue weighted by molar-refractivity contribution is 5.36. The first kappa shape index (κ1) is 23.1. The Morgan fingerprint density at radius 2 is 0.880 bits per heavy atom. The van der Waals surface area contributed by atoms with Gasteiger partial charge in [-0.2, -0.15) is 0 Å². The highest BCUT2D eigenvalue weighted by atomic mass is 16.1. The molecule has 6 nitrogen and oxygen atoms in total. The number of hydrogen-bond donors (Lipinski definition) is 0. The molecule has 0 fully saturated rings. The van der Waals surface area contributed by atoms with Gasteiger partial charge in [0.05, 0.1) is 18.1 Å². The second-order valence-electron chi connectivity index (χ2n) is 6.37. The van der Waals surface area contributed by atoms with E-state index in [0.717, 1.165) is 38.5 Å². The maximum absolute atomic E-state index is 11.0. The molecule has 0 aliphatic heterocycles. The van der Waals surface area contributed by atoms with E-state index in [0.29, 0.717) is 19.3 Å². The second kappa shape index (κ2) is 15.7. The van der Waals surface area contributed by atoms with Crippen LogP contribution in [-0.4, -0.2) is 36.4 Å². The van der Waals surface area contributed by atoms with Crippen molar-refractivity contribution in [1.82, 2.24) is 0 Å². The number of rotatable bonds is 15. The Morgan fingerprint density at radius 3 is 1.08 bits per heavy atom. The molecule has 3 atom stereocenters. The van der Waals surface area contributed by atoms with Crippen LogP contribution in [0.1, 0.15) is 78.6 Å². The summed E-state index contributed by atoms with van der Waals surface area (Å²) in [7, 11) is 0. The van der Waals surface area contributed by atoms with Crippen molar-refractivity contribution < 1.29 is 14.4 Å². The van der Waals surface area contributed by atoms with E-state index in [9.17, 15) is 14.4 Å². The molecule has 0 N–H and O–H groups in total. The fourth-order valence-corrected chi connectivity index (χ4v) is 3.24. The standard InChI is InChI=1S/C19H31N3O3/c1-4-7-10-16(20-13-23)19(17(21-14-24)11-8-5-2)18(22-15-25)12-9-6-3/h16-19H,4-12H2,1-3H3. The molecular formula is C19H31N3O3. The van der Waals surface area contributed by atoms with Gasteiger partial charge in [-0.25, -0.2) is 29.4 Å². The SMILES string of the molecule is CCCCC(N=C=O)C(C(CCCC)N=C=O)C(CCCC)N=C=O. The summed E-state index contributed by atoms with van der Waals surface area (Å²) < 4.78 is 0. The van der Waals surface area contributed by atoms with Crippen molar-refractivity contribution >= 4 is 18.2 Å². The van der Waals surface area contributed by atoms with E-state index in [1.807, 2.05) is 0 Å². The maximum Gasteiger partial charge on any atom is 0.235 e. The predicted octanol–water partition coefficient (Wildman–Crippen LogP) is 4.29. The molecule has 6 heteroatoms. The number of hydrogen-bond acceptors (Lipinski definition) is 6. The van der Waals surface area contributed by atoms with E-state index in [1.54, 1.807) is 18.2 Å². The van der Waals surface area contributed by atoms with E-state index in [2.05, 4.69) is 35.7 Å². The summed E-state index contributed by atoms with van der Waals surface area (Å²) in [6.07, 6.45) is 12.6. The molecule has 0 aromatic carbocycles. The maximum atomic E-state index is 11.0. The minimum atomic E-state index is -0.352. The first-order valence-corrected chi connectivity index (χ1v) is 9.40. The van der Waals surface area contributed by atoms with E-state index < -0.39 is 0 Å². The minimum Gasteiger partial charge on any atom is -0.211 e. The lowest BCUT2D eigenvalue weighted by molar-refractivity contribution is 0.258. The highest BCUT2D eigenvalue weighted by Crippen LogP contribution is 2.31. The summed E-state index contributed by atoms with van der Waals surface area (Å²) in [5.74, 6) is -0.283. The zero-order valence-electron chi connectivity index (χ0n) is 15.7. The van der Waals surface area contributed by atoms with Crippen LogP contribution in [0.4, 0.5) is 0 Å². The Hall–Kier alpha value is -1.86. The molecular weight excluding hydrogens is 318 g/mol. The summed E-state index contributed by atoms with van der Waals surface area (Å²) in [6.45, 7) is 6.19. The zero-order valence-corrected chi connectivity index (χ0v) is 15.7. The largest absolute Gasteiger partial charge is 0.235 e. The molecule has 25 heavy (non-hydrogen) atoms. The molecule has 0 saturated carbocycles. The molecule has 0 heterocycles. The molecule has 0 radical (unpaired) electrons. The smallest absolute Gasteiger partial charge is 0.211 e. The van der Waals surface area contributed by atoms with Gasteiger partial charge >= 0.3 is 0 Å². The fraction of sp³-hybridized carbons (Fsp3) is 0.842. The van der Waals surface area contributed by atoms with Gasteiger partial charge in [-0.3, -0.25) is 0 Å². The molecule has 0 rings (SSSR count). The quantitative estimate of drug-likeness (QED) is 0.326. The Balaban J connectivity index is 5.84. The molecule has 0 spiro atoms. The zero-order chi connectivity index (χ0) is 18.9. The third-order valence-corrected chi connectivity index (χ3v) is 4.55. The van der Waals surface area contributed by atoms with Gasteiger partial charge in [-0.15, -0.1) is 0 Å². The van der Waals surface area contributed by atoms with E-state index in [-0.39, 0.29) is 24.0 Å². The average molecular weight is 349 g/mol. The third kappa shape index (κ3) is 9.26. The van der Waals surface area contributed by atoms with Crippen molar-refractivity contribution in [3.05, 3.63) is 0 Å². The lowest BCUT2D eigenvalue weighted by Gasteiger charge is -2.32. The summed E-state index contributed by atoms with van der Waals surface area (Å²) >= 11 is 0. The monoisotopic (exact) mass is 349 g/mol. The first-order chi connectivity index (χ1) is 12.2. The number of nitrogens with zero attached hydrogens (tertiary/aromatic N) is 3. The molecule has 0 aliphatic rings. The van der Waals surface area contributed by atoms with E-state index in [1.165, 1.54) is 0 Å². The summed E-state index contributed by atoms with van der Waals surface area (Å²) in [6, 6.07) is -1.05. The molecule has 3 unspecified atom stereocenters. The van der Waals surface area contributed by atoms with Gasteiger partial charge in [0.15, 0.2) is 0 Å². The lowest BCUT2D eigenvalue weighted by Crippen LogP contribution is -2.38. The summed E-state index contributed by atoms with van der Waals surface area (Å²) in [5.41, 5.74) is 0. The van der Waals surface area contributed by atoms with Crippen LogP contribution in [0, 0.1) is 5.92 Å². The number of aliphatic imine (C=N–C) groups is 3. The third-order valence-electron chi connectivity index (χ3n) is 4.55. The van der Waals surface area contributed by atoms with Crippen LogP contribution in [0.15, 0.2) is 15.0 Å². The minimum absolute atomic E-state index is 0.283. The molecule has 0 amide bonds. The van der Waals surface area contributed by atoms with Gasteiger partial charge in [0.2, 0.25) is 18.2 Å². The Kier molecular flexibility index (Phi) is 14.5. The van der Waals surface area contributed by atoms with E-state index >= 15 is 0 Å². The normalized spacial score (nSPS) is 15.0. The van der Waals surface area contributed by atoms with Crippen LogP contribution in [0.5, 0.6) is 0 Å².